The molecule has 1 aromatic heterocycles. The van der Waals surface area contributed by atoms with Crippen molar-refractivity contribution < 1.29 is 32.2 Å². The fraction of sp³-hybridized carbons (Fsp3) is 0.250. The molecule has 0 saturated carbocycles. The van der Waals surface area contributed by atoms with Gasteiger partial charge in [-0.05, 0) is 98.6 Å². The second-order valence-electron chi connectivity index (χ2n) is 11.5. The van der Waals surface area contributed by atoms with E-state index in [2.05, 4.69) is 10.6 Å². The summed E-state index contributed by atoms with van der Waals surface area (Å²) >= 11 is 0. The number of halogens is 3. The van der Waals surface area contributed by atoms with Crippen molar-refractivity contribution >= 4 is 22.8 Å². The Morgan fingerprint density at radius 2 is 1.67 bits per heavy atom. The van der Waals surface area contributed by atoms with Gasteiger partial charge in [-0.2, -0.15) is 13.2 Å². The molecule has 0 radical (unpaired) electrons. The molecule has 0 aliphatic heterocycles. The van der Waals surface area contributed by atoms with Crippen LogP contribution >= 0.6 is 0 Å². The highest BCUT2D eigenvalue weighted by atomic mass is 19.4. The van der Waals surface area contributed by atoms with Gasteiger partial charge in [0.2, 0.25) is 5.91 Å². The molecular weight excluding hydrogens is 637 g/mol. The molecule has 256 valence electrons. The molecule has 0 bridgehead atoms. The van der Waals surface area contributed by atoms with E-state index >= 15 is 0 Å². The topological polar surface area (TPSA) is 147 Å². The van der Waals surface area contributed by atoms with Gasteiger partial charge in [-0.25, -0.2) is 4.98 Å². The lowest BCUT2D eigenvalue weighted by Gasteiger charge is -2.20. The van der Waals surface area contributed by atoms with Gasteiger partial charge in [0.1, 0.15) is 29.1 Å². The van der Waals surface area contributed by atoms with Gasteiger partial charge in [-0.15, -0.1) is 0 Å². The average Bonchev–Trinajstić information content (AvgIpc) is 3.45. The van der Waals surface area contributed by atoms with E-state index in [9.17, 15) is 22.8 Å². The molecule has 4 aromatic carbocycles. The van der Waals surface area contributed by atoms with Gasteiger partial charge in [-0.1, -0.05) is 24.3 Å². The van der Waals surface area contributed by atoms with Crippen molar-refractivity contribution in [2.45, 2.75) is 44.7 Å². The number of methoxy groups -OCH3 is 1. The summed E-state index contributed by atoms with van der Waals surface area (Å²) in [6.45, 7) is 2.27. The van der Waals surface area contributed by atoms with E-state index in [1.807, 2.05) is 13.0 Å². The van der Waals surface area contributed by atoms with Crippen LogP contribution in [0, 0.1) is 0 Å². The second-order valence-corrected chi connectivity index (χ2v) is 11.5. The number of alkyl halides is 3. The molecule has 49 heavy (non-hydrogen) atoms. The van der Waals surface area contributed by atoms with Crippen molar-refractivity contribution in [3.8, 4) is 28.6 Å². The van der Waals surface area contributed by atoms with E-state index in [4.69, 9.17) is 25.9 Å². The van der Waals surface area contributed by atoms with Gasteiger partial charge in [0, 0.05) is 17.7 Å². The molecular formula is C36H37F3N6O4. The molecule has 10 nitrogen and oxygen atoms in total. The number of hydrogen-bond acceptors (Lipinski definition) is 7. The number of fused-ring (bicyclic) bond motifs is 1. The number of imidazole rings is 1. The van der Waals surface area contributed by atoms with Crippen LogP contribution in [-0.2, 0) is 17.5 Å². The molecule has 6 N–H and O–H groups in total. The van der Waals surface area contributed by atoms with E-state index < -0.39 is 29.6 Å². The van der Waals surface area contributed by atoms with Crippen LogP contribution < -0.4 is 31.6 Å². The molecule has 1 heterocycles. The van der Waals surface area contributed by atoms with Crippen molar-refractivity contribution in [3.63, 3.8) is 0 Å². The number of nitrogens with zero attached hydrogens (tertiary/aromatic N) is 2. The SMILES string of the molecule is COc1ccc(Oc2cccc(-c3nc4cc(C(=O)NCc5cccc(C(F)(F)F)c5)ccc4n3[C@H](CCCNC(C)N)C(N)=O)c2)cc1. The van der Waals surface area contributed by atoms with E-state index in [0.717, 1.165) is 12.1 Å². The molecule has 0 spiro atoms. The van der Waals surface area contributed by atoms with Crippen LogP contribution in [0.5, 0.6) is 17.2 Å². The highest BCUT2D eigenvalue weighted by Gasteiger charge is 2.30. The van der Waals surface area contributed by atoms with Crippen LogP contribution in [-0.4, -0.2) is 41.2 Å². The average molecular weight is 675 g/mol. The molecule has 0 aliphatic carbocycles. The molecule has 0 aliphatic rings. The van der Waals surface area contributed by atoms with Crippen LogP contribution in [0.25, 0.3) is 22.4 Å². The molecule has 5 aromatic rings. The van der Waals surface area contributed by atoms with E-state index in [-0.39, 0.29) is 18.3 Å². The van der Waals surface area contributed by atoms with Crippen LogP contribution in [0.4, 0.5) is 13.2 Å². The lowest BCUT2D eigenvalue weighted by Crippen LogP contribution is -2.35. The fourth-order valence-corrected chi connectivity index (χ4v) is 5.40. The number of benzene rings is 4. The van der Waals surface area contributed by atoms with Gasteiger partial charge < -0.3 is 36.1 Å². The number of rotatable bonds is 14. The number of aromatic nitrogens is 2. The first kappa shape index (κ1) is 34.9. The molecule has 0 fully saturated rings. The summed E-state index contributed by atoms with van der Waals surface area (Å²) in [6.07, 6.45) is -3.74. The van der Waals surface area contributed by atoms with Crippen molar-refractivity contribution in [1.82, 2.24) is 20.2 Å². The quantitative estimate of drug-likeness (QED) is 0.0816. The number of hydrogen-bond donors (Lipinski definition) is 4. The summed E-state index contributed by atoms with van der Waals surface area (Å²) < 4.78 is 52.6. The van der Waals surface area contributed by atoms with E-state index in [1.165, 1.54) is 12.1 Å². The summed E-state index contributed by atoms with van der Waals surface area (Å²) in [7, 11) is 1.58. The number of nitrogens with one attached hydrogen (secondary N) is 2. The second kappa shape index (κ2) is 15.2. The number of nitrogens with two attached hydrogens (primary N) is 2. The zero-order valence-electron chi connectivity index (χ0n) is 27.0. The lowest BCUT2D eigenvalue weighted by atomic mass is 10.1. The Kier molecular flexibility index (Phi) is 10.8. The van der Waals surface area contributed by atoms with E-state index in [0.29, 0.717) is 64.6 Å². The highest BCUT2D eigenvalue weighted by molar-refractivity contribution is 5.98. The van der Waals surface area contributed by atoms with Crippen molar-refractivity contribution in [3.05, 3.63) is 108 Å². The minimum atomic E-state index is -4.50. The van der Waals surface area contributed by atoms with Gasteiger partial charge in [-0.3, -0.25) is 9.59 Å². The molecule has 1 unspecified atom stereocenters. The summed E-state index contributed by atoms with van der Waals surface area (Å²) in [5.74, 6) is 1.16. The van der Waals surface area contributed by atoms with Crippen LogP contribution in [0.2, 0.25) is 0 Å². The van der Waals surface area contributed by atoms with Crippen LogP contribution in [0.15, 0.2) is 91.0 Å². The first-order valence-electron chi connectivity index (χ1n) is 15.6. The van der Waals surface area contributed by atoms with Crippen molar-refractivity contribution in [1.29, 1.82) is 0 Å². The highest BCUT2D eigenvalue weighted by Crippen LogP contribution is 2.34. The molecule has 13 heteroatoms. The first-order valence-corrected chi connectivity index (χ1v) is 15.6. The third-order valence-corrected chi connectivity index (χ3v) is 7.81. The zero-order valence-corrected chi connectivity index (χ0v) is 27.0. The Balaban J connectivity index is 1.48. The Labute approximate surface area is 281 Å². The third-order valence-electron chi connectivity index (χ3n) is 7.81. The minimum Gasteiger partial charge on any atom is -0.497 e. The predicted octanol–water partition coefficient (Wildman–Crippen LogP) is 6.15. The number of carbonyl (C=O) groups excluding carboxylic acids is 2. The summed E-state index contributed by atoms with van der Waals surface area (Å²) in [5.41, 5.74) is 13.2. The van der Waals surface area contributed by atoms with Gasteiger partial charge in [0.05, 0.1) is 29.9 Å². The summed E-state index contributed by atoms with van der Waals surface area (Å²) in [4.78, 5) is 31.0. The molecule has 2 amide bonds. The number of ether oxygens (including phenoxy) is 2. The number of carbonyl (C=O) groups is 2. The van der Waals surface area contributed by atoms with Gasteiger partial charge in [0.25, 0.3) is 5.91 Å². The summed E-state index contributed by atoms with van der Waals surface area (Å²) in [6, 6.07) is 23.1. The lowest BCUT2D eigenvalue weighted by molar-refractivity contribution is -0.137. The van der Waals surface area contributed by atoms with Crippen LogP contribution in [0.3, 0.4) is 0 Å². The maximum atomic E-state index is 13.2. The van der Waals surface area contributed by atoms with Crippen LogP contribution in [0.1, 0.15) is 47.3 Å². The van der Waals surface area contributed by atoms with Crippen molar-refractivity contribution in [2.75, 3.05) is 13.7 Å². The first-order chi connectivity index (χ1) is 23.4. The Morgan fingerprint density at radius 1 is 0.939 bits per heavy atom. The predicted molar refractivity (Wildman–Crippen MR) is 180 cm³/mol. The molecule has 0 saturated heterocycles. The maximum absolute atomic E-state index is 13.2. The number of primary amides is 1. The normalized spacial score (nSPS) is 12.8. The molecule has 5 rings (SSSR count). The smallest absolute Gasteiger partial charge is 0.416 e. The fourth-order valence-electron chi connectivity index (χ4n) is 5.40. The minimum absolute atomic E-state index is 0.110. The zero-order chi connectivity index (χ0) is 35.1. The summed E-state index contributed by atoms with van der Waals surface area (Å²) in [5, 5.41) is 5.81. The Morgan fingerprint density at radius 3 is 2.37 bits per heavy atom. The third kappa shape index (κ3) is 8.75. The van der Waals surface area contributed by atoms with Gasteiger partial charge in [0.15, 0.2) is 0 Å². The Hall–Kier alpha value is -5.40. The van der Waals surface area contributed by atoms with E-state index in [1.54, 1.807) is 72.3 Å². The Bertz CT molecular complexity index is 1920. The van der Waals surface area contributed by atoms with Gasteiger partial charge >= 0.3 is 6.18 Å². The standard InChI is InChI=1S/C36H37F3N6O4/c1-22(40)42-17-5-10-32(33(41)46)45-31-16-11-25(35(47)43-21-23-6-3-8-26(18-23)36(37,38)39)20-30(31)44-34(45)24-7-4-9-29(19-24)49-28-14-12-27(48-2)13-15-28/h3-4,6-9,11-16,18-20,22,32,42H,5,10,17,21,40H2,1-2H3,(H2,41,46)(H,43,47)/t22?,32-/m1/s1. The maximum Gasteiger partial charge on any atom is 0.416 e. The van der Waals surface area contributed by atoms with Crippen molar-refractivity contribution in [2.24, 2.45) is 11.5 Å². The number of amides is 2. The molecule has 2 atom stereocenters. The largest absolute Gasteiger partial charge is 0.497 e. The monoisotopic (exact) mass is 674 g/mol.